The summed E-state index contributed by atoms with van der Waals surface area (Å²) >= 11 is 21.5. The van der Waals surface area contributed by atoms with Gasteiger partial charge in [0.05, 0.1) is 0 Å². The number of rotatable bonds is 8. The molecular formula is C32H36O4P2S4Zn. The van der Waals surface area contributed by atoms with E-state index in [2.05, 4.69) is 0 Å². The van der Waals surface area contributed by atoms with Gasteiger partial charge in [0, 0.05) is 0 Å². The maximum atomic E-state index is 5.80. The summed E-state index contributed by atoms with van der Waals surface area (Å²) in [4.78, 5) is 0. The standard InChI is InChI=1S/2C16H19O2PS2.Zn/c2*1-11-5-7-15(13(3)9-11)17-19(20,21)18-16-8-6-12(2)10-14(16)4;/h2*5-10H,1-4H3,(H,20,21);/q;;+2/p-2. The molecule has 4 aromatic carbocycles. The summed E-state index contributed by atoms with van der Waals surface area (Å²) < 4.78 is 23.2. The molecule has 0 atom stereocenters. The average molecular weight is 740 g/mol. The number of aryl methyl sites for hydroxylation is 8. The van der Waals surface area contributed by atoms with Crippen molar-refractivity contribution in [2.45, 2.75) is 55.4 Å². The maximum absolute atomic E-state index is 5.80. The molecule has 0 bridgehead atoms. The van der Waals surface area contributed by atoms with Gasteiger partial charge in [-0.2, -0.15) is 0 Å². The van der Waals surface area contributed by atoms with Gasteiger partial charge in [0.15, 0.2) is 11.4 Å². The number of hydrogen-bond donors (Lipinski definition) is 0. The third-order valence-electron chi connectivity index (χ3n) is 6.16. The minimum atomic E-state index is -2.80. The van der Waals surface area contributed by atoms with E-state index in [9.17, 15) is 0 Å². The molecule has 0 saturated heterocycles. The van der Waals surface area contributed by atoms with Gasteiger partial charge in [0.25, 0.3) is 0 Å². The van der Waals surface area contributed by atoms with Gasteiger partial charge < -0.3 is 42.6 Å². The van der Waals surface area contributed by atoms with Crippen LogP contribution in [0.15, 0.2) is 72.8 Å². The molecule has 0 radical (unpaired) electrons. The monoisotopic (exact) mass is 738 g/mol. The van der Waals surface area contributed by atoms with Crippen LogP contribution in [0.5, 0.6) is 23.0 Å². The predicted molar refractivity (Wildman–Crippen MR) is 189 cm³/mol. The molecule has 0 heterocycles. The first kappa shape index (κ1) is 37.9. The van der Waals surface area contributed by atoms with E-state index in [4.69, 9.17) is 66.2 Å². The minimum Gasteiger partial charge on any atom is -0.665 e. The van der Waals surface area contributed by atoms with Crippen LogP contribution < -0.4 is 18.1 Å². The molecule has 0 aliphatic rings. The topological polar surface area (TPSA) is 36.9 Å². The van der Waals surface area contributed by atoms with Gasteiger partial charge in [-0.25, -0.2) is 0 Å². The summed E-state index contributed by atoms with van der Waals surface area (Å²) in [5.41, 5.74) is 3.14. The van der Waals surface area contributed by atoms with E-state index in [0.717, 1.165) is 22.3 Å². The number of benzene rings is 4. The molecule has 0 amide bonds. The van der Waals surface area contributed by atoms with Crippen LogP contribution in [0.4, 0.5) is 0 Å². The zero-order chi connectivity index (χ0) is 31.2. The molecule has 224 valence electrons. The smallest absolute Gasteiger partial charge is 0.665 e. The van der Waals surface area contributed by atoms with Crippen molar-refractivity contribution in [1.29, 1.82) is 0 Å². The number of hydrogen-bond acceptors (Lipinski definition) is 8. The Morgan fingerprint density at radius 2 is 0.605 bits per heavy atom. The van der Waals surface area contributed by atoms with Crippen LogP contribution in [0, 0.1) is 55.4 Å². The van der Waals surface area contributed by atoms with Gasteiger partial charge in [-0.1, -0.05) is 70.8 Å². The second kappa shape index (κ2) is 16.3. The first-order valence-electron chi connectivity index (χ1n) is 13.2. The van der Waals surface area contributed by atoms with Gasteiger partial charge in [-0.05, 0) is 126 Å². The Morgan fingerprint density at radius 1 is 0.419 bits per heavy atom. The Balaban J connectivity index is 0.000000293. The molecule has 0 N–H and O–H groups in total. The molecule has 0 aliphatic heterocycles. The molecule has 4 aromatic rings. The van der Waals surface area contributed by atoms with E-state index < -0.39 is 11.4 Å². The van der Waals surface area contributed by atoms with Crippen LogP contribution in [-0.4, -0.2) is 0 Å². The summed E-state index contributed by atoms with van der Waals surface area (Å²) in [6, 6.07) is 23.6. The van der Waals surface area contributed by atoms with Crippen molar-refractivity contribution in [3.05, 3.63) is 117 Å². The van der Waals surface area contributed by atoms with Crippen molar-refractivity contribution < 1.29 is 37.6 Å². The molecule has 0 fully saturated rings. The first-order chi connectivity index (χ1) is 19.5. The van der Waals surface area contributed by atoms with E-state index in [1.165, 1.54) is 22.3 Å². The van der Waals surface area contributed by atoms with Gasteiger partial charge in [0.1, 0.15) is 23.0 Å². The molecular weight excluding hydrogens is 704 g/mol. The zero-order valence-corrected chi connectivity index (χ0v) is 33.8. The minimum absolute atomic E-state index is 0. The Bertz CT molecular complexity index is 1440. The molecule has 11 heteroatoms. The van der Waals surface area contributed by atoms with Crippen LogP contribution in [-0.2, 0) is 67.6 Å². The van der Waals surface area contributed by atoms with Crippen molar-refractivity contribution in [1.82, 2.24) is 0 Å². The fourth-order valence-corrected chi connectivity index (χ4v) is 7.91. The van der Waals surface area contributed by atoms with Gasteiger partial charge in [-0.15, -0.1) is 0 Å². The maximum Gasteiger partial charge on any atom is 2.00 e. The molecule has 4 rings (SSSR count). The fourth-order valence-electron chi connectivity index (χ4n) is 4.13. The van der Waals surface area contributed by atoms with Gasteiger partial charge >= 0.3 is 19.5 Å². The zero-order valence-electron chi connectivity index (χ0n) is 25.8. The van der Waals surface area contributed by atoms with Crippen LogP contribution in [0.25, 0.3) is 0 Å². The molecule has 4 nitrogen and oxygen atoms in total. The second-order valence-corrected chi connectivity index (χ2v) is 20.0. The van der Waals surface area contributed by atoms with Crippen molar-refractivity contribution in [3.63, 3.8) is 0 Å². The Hall–Kier alpha value is -1.30. The van der Waals surface area contributed by atoms with Crippen molar-refractivity contribution in [2.75, 3.05) is 0 Å². The van der Waals surface area contributed by atoms with Gasteiger partial charge in [0.2, 0.25) is 0 Å². The summed E-state index contributed by atoms with van der Waals surface area (Å²) in [6.45, 7) is 16.0. The Morgan fingerprint density at radius 3 is 0.767 bits per heavy atom. The molecule has 0 spiro atoms. The summed E-state index contributed by atoms with van der Waals surface area (Å²) in [5.74, 6) is 2.79. The van der Waals surface area contributed by atoms with Gasteiger partial charge in [-0.3, -0.25) is 0 Å². The van der Waals surface area contributed by atoms with Crippen LogP contribution in [0.1, 0.15) is 44.5 Å². The molecule has 0 saturated carbocycles. The fraction of sp³-hybridized carbons (Fsp3) is 0.250. The Kier molecular flexibility index (Phi) is 14.4. The third kappa shape index (κ3) is 12.2. The average Bonchev–Trinajstić information content (AvgIpc) is 2.86. The van der Waals surface area contributed by atoms with E-state index in [-0.39, 0.29) is 19.5 Å². The Labute approximate surface area is 290 Å². The normalized spacial score (nSPS) is 11.0. The SMILES string of the molecule is Cc1ccc(OP(=S)([S-])Oc2ccc(C)cc2C)c(C)c1.Cc1ccc(OP(=S)([S-])Oc2ccc(C)cc2C)c(C)c1.[Zn+2]. The van der Waals surface area contributed by atoms with E-state index in [1.807, 2.05) is 128 Å². The molecule has 0 unspecified atom stereocenters. The van der Waals surface area contributed by atoms with Crippen molar-refractivity contribution in [2.24, 2.45) is 0 Å². The summed E-state index contributed by atoms with van der Waals surface area (Å²) in [5, 5.41) is 0. The predicted octanol–water partition coefficient (Wildman–Crippen LogP) is 10.3. The van der Waals surface area contributed by atoms with Crippen LogP contribution in [0.2, 0.25) is 0 Å². The second-order valence-electron chi connectivity index (χ2n) is 10.3. The van der Waals surface area contributed by atoms with Crippen molar-refractivity contribution in [3.8, 4) is 23.0 Å². The largest absolute Gasteiger partial charge is 2.00 e. The van der Waals surface area contributed by atoms with E-state index in [1.54, 1.807) is 0 Å². The molecule has 0 aliphatic carbocycles. The molecule has 43 heavy (non-hydrogen) atoms. The van der Waals surface area contributed by atoms with E-state index in [0.29, 0.717) is 23.0 Å². The quantitative estimate of drug-likeness (QED) is 0.100. The van der Waals surface area contributed by atoms with Crippen LogP contribution >= 0.6 is 11.4 Å². The van der Waals surface area contributed by atoms with Crippen molar-refractivity contribution >= 4 is 59.5 Å². The summed E-state index contributed by atoms with van der Waals surface area (Å²) in [7, 11) is 0. The van der Waals surface area contributed by atoms with E-state index >= 15 is 0 Å². The van der Waals surface area contributed by atoms with Crippen LogP contribution in [0.3, 0.4) is 0 Å². The third-order valence-corrected chi connectivity index (χ3v) is 9.63. The first-order valence-corrected chi connectivity index (χ1v) is 20.5. The molecule has 0 aromatic heterocycles. The summed E-state index contributed by atoms with van der Waals surface area (Å²) in [6.07, 6.45) is 0.